The maximum absolute atomic E-state index is 13.1. The van der Waals surface area contributed by atoms with Gasteiger partial charge in [0.25, 0.3) is 0 Å². The van der Waals surface area contributed by atoms with Crippen LogP contribution < -0.4 is 5.32 Å². The Morgan fingerprint density at radius 3 is 2.86 bits per heavy atom. The number of pyridine rings is 1. The Morgan fingerprint density at radius 2 is 2.07 bits per heavy atom. The lowest BCUT2D eigenvalue weighted by Gasteiger charge is -2.33. The van der Waals surface area contributed by atoms with Crippen molar-refractivity contribution in [1.82, 2.24) is 9.88 Å². The van der Waals surface area contributed by atoms with Gasteiger partial charge in [0.2, 0.25) is 0 Å². The first-order valence-electron chi connectivity index (χ1n) is 10.1. The average Bonchev–Trinajstić information content (AvgIpc) is 2.70. The predicted molar refractivity (Wildman–Crippen MR) is 111 cm³/mol. The van der Waals surface area contributed by atoms with E-state index in [0.29, 0.717) is 5.92 Å². The summed E-state index contributed by atoms with van der Waals surface area (Å²) < 4.78 is 18.7. The second-order valence-corrected chi connectivity index (χ2v) is 7.83. The zero-order valence-electron chi connectivity index (χ0n) is 16.5. The molecule has 4 rings (SSSR count). The molecule has 1 fully saturated rings. The van der Waals surface area contributed by atoms with E-state index in [2.05, 4.69) is 22.4 Å². The van der Waals surface area contributed by atoms with Crippen LogP contribution in [0.4, 0.5) is 15.8 Å². The van der Waals surface area contributed by atoms with E-state index in [4.69, 9.17) is 9.72 Å². The van der Waals surface area contributed by atoms with Crippen LogP contribution in [0.5, 0.6) is 0 Å². The molecule has 2 aromatic rings. The van der Waals surface area contributed by atoms with Crippen molar-refractivity contribution in [2.75, 3.05) is 38.2 Å². The summed E-state index contributed by atoms with van der Waals surface area (Å²) in [5.41, 5.74) is 5.44. The maximum atomic E-state index is 13.1. The summed E-state index contributed by atoms with van der Waals surface area (Å²) in [7, 11) is 0. The molecule has 1 atom stereocenters. The molecule has 148 valence electrons. The number of piperidine rings is 1. The van der Waals surface area contributed by atoms with E-state index in [1.54, 1.807) is 12.1 Å². The number of aromatic nitrogens is 1. The fourth-order valence-corrected chi connectivity index (χ4v) is 4.12. The number of aryl methyl sites for hydroxylation is 1. The maximum Gasteiger partial charge on any atom is 0.123 e. The van der Waals surface area contributed by atoms with Gasteiger partial charge >= 0.3 is 0 Å². The van der Waals surface area contributed by atoms with Crippen LogP contribution >= 0.6 is 0 Å². The largest absolute Gasteiger partial charge is 0.377 e. The normalized spacial score (nSPS) is 20.6. The van der Waals surface area contributed by atoms with Gasteiger partial charge in [-0.2, -0.15) is 0 Å². The third-order valence-corrected chi connectivity index (χ3v) is 5.44. The van der Waals surface area contributed by atoms with Crippen molar-refractivity contribution >= 4 is 11.4 Å². The number of rotatable bonds is 5. The summed E-state index contributed by atoms with van der Waals surface area (Å²) in [6.07, 6.45) is 5.72. The van der Waals surface area contributed by atoms with E-state index < -0.39 is 0 Å². The molecule has 0 radical (unpaired) electrons. The molecule has 0 bridgehead atoms. The minimum Gasteiger partial charge on any atom is -0.377 e. The Bertz CT molecular complexity index is 834. The quantitative estimate of drug-likeness (QED) is 0.755. The number of nitrogens with one attached hydrogen (secondary N) is 1. The molecule has 1 aromatic heterocycles. The molecule has 0 saturated carbocycles. The van der Waals surface area contributed by atoms with Crippen LogP contribution in [0.2, 0.25) is 0 Å². The van der Waals surface area contributed by atoms with Crippen molar-refractivity contribution in [3.05, 3.63) is 65.3 Å². The lowest BCUT2D eigenvalue weighted by molar-refractivity contribution is 0.137. The van der Waals surface area contributed by atoms with Gasteiger partial charge in [0.15, 0.2) is 0 Å². The number of nitrogens with zero attached hydrogens (tertiary/aromatic N) is 2. The van der Waals surface area contributed by atoms with E-state index in [0.717, 1.165) is 62.0 Å². The fraction of sp³-hybridized carbons (Fsp3) is 0.435. The van der Waals surface area contributed by atoms with Crippen LogP contribution in [0.1, 0.15) is 36.6 Å². The van der Waals surface area contributed by atoms with E-state index in [1.807, 2.05) is 13.0 Å². The lowest BCUT2D eigenvalue weighted by atomic mass is 9.93. The molecule has 0 amide bonds. The van der Waals surface area contributed by atoms with Crippen molar-refractivity contribution < 1.29 is 9.13 Å². The van der Waals surface area contributed by atoms with Crippen LogP contribution in [0.15, 0.2) is 48.0 Å². The van der Waals surface area contributed by atoms with Crippen LogP contribution in [-0.2, 0) is 4.74 Å². The predicted octanol–water partition coefficient (Wildman–Crippen LogP) is 4.80. The highest BCUT2D eigenvalue weighted by Gasteiger charge is 2.23. The SMILES string of the molecule is Cc1cc(Nc2ccc(F)cc2)cc(C2CCCN(CC3=CCCOC3)C2)n1. The minimum absolute atomic E-state index is 0.224. The molecule has 2 aliphatic rings. The second-order valence-electron chi connectivity index (χ2n) is 7.83. The number of anilines is 2. The van der Waals surface area contributed by atoms with Crippen LogP contribution in [0, 0.1) is 12.7 Å². The topological polar surface area (TPSA) is 37.4 Å². The zero-order chi connectivity index (χ0) is 19.3. The Balaban J connectivity index is 1.46. The van der Waals surface area contributed by atoms with Gasteiger partial charge in [-0.05, 0) is 74.7 Å². The standard InChI is InChI=1S/C23H28FN3O/c1-17-12-22(26-21-8-6-20(24)7-9-21)13-23(25-17)19-5-2-10-27(15-19)14-18-4-3-11-28-16-18/h4,6-9,12-13,19H,2-3,5,10-11,14-16H2,1H3,(H,25,26). The smallest absolute Gasteiger partial charge is 0.123 e. The molecular weight excluding hydrogens is 353 g/mol. The molecular formula is C23H28FN3O. The van der Waals surface area contributed by atoms with Crippen molar-refractivity contribution in [3.63, 3.8) is 0 Å². The number of hydrogen-bond donors (Lipinski definition) is 1. The number of halogens is 1. The number of ether oxygens (including phenoxy) is 1. The van der Waals surface area contributed by atoms with Crippen molar-refractivity contribution in [3.8, 4) is 0 Å². The van der Waals surface area contributed by atoms with Gasteiger partial charge in [0.1, 0.15) is 5.82 Å². The average molecular weight is 381 g/mol. The lowest BCUT2D eigenvalue weighted by Crippen LogP contribution is -2.37. The van der Waals surface area contributed by atoms with Gasteiger partial charge in [-0.3, -0.25) is 9.88 Å². The number of hydrogen-bond acceptors (Lipinski definition) is 4. The van der Waals surface area contributed by atoms with Crippen molar-refractivity contribution in [1.29, 1.82) is 0 Å². The summed E-state index contributed by atoms with van der Waals surface area (Å²) in [5.74, 6) is 0.213. The molecule has 0 spiro atoms. The summed E-state index contributed by atoms with van der Waals surface area (Å²) in [6, 6.07) is 10.6. The molecule has 1 saturated heterocycles. The summed E-state index contributed by atoms with van der Waals surface area (Å²) in [4.78, 5) is 7.36. The molecule has 3 heterocycles. The third-order valence-electron chi connectivity index (χ3n) is 5.44. The molecule has 0 aliphatic carbocycles. The van der Waals surface area contributed by atoms with Crippen LogP contribution in [0.25, 0.3) is 0 Å². The van der Waals surface area contributed by atoms with E-state index in [1.165, 1.54) is 30.5 Å². The molecule has 4 nitrogen and oxygen atoms in total. The minimum atomic E-state index is -0.224. The van der Waals surface area contributed by atoms with E-state index in [9.17, 15) is 4.39 Å². The van der Waals surface area contributed by atoms with Crippen LogP contribution in [0.3, 0.4) is 0 Å². The van der Waals surface area contributed by atoms with Crippen molar-refractivity contribution in [2.24, 2.45) is 0 Å². The van der Waals surface area contributed by atoms with E-state index in [-0.39, 0.29) is 5.82 Å². The Morgan fingerprint density at radius 1 is 1.21 bits per heavy atom. The molecule has 28 heavy (non-hydrogen) atoms. The first-order chi connectivity index (χ1) is 13.7. The molecule has 2 aliphatic heterocycles. The van der Waals surface area contributed by atoms with Gasteiger partial charge in [-0.15, -0.1) is 0 Å². The first-order valence-corrected chi connectivity index (χ1v) is 10.1. The fourth-order valence-electron chi connectivity index (χ4n) is 4.12. The molecule has 1 unspecified atom stereocenters. The van der Waals surface area contributed by atoms with Gasteiger partial charge < -0.3 is 10.1 Å². The van der Waals surface area contributed by atoms with Crippen molar-refractivity contribution in [2.45, 2.75) is 32.1 Å². The number of benzene rings is 1. The third kappa shape index (κ3) is 4.97. The Kier molecular flexibility index (Phi) is 6.03. The zero-order valence-corrected chi connectivity index (χ0v) is 16.5. The number of likely N-dealkylation sites (tertiary alicyclic amines) is 1. The molecule has 1 aromatic carbocycles. The Labute approximate surface area is 166 Å². The molecule has 5 heteroatoms. The van der Waals surface area contributed by atoms with Gasteiger partial charge in [0.05, 0.1) is 13.2 Å². The van der Waals surface area contributed by atoms with Gasteiger partial charge in [-0.1, -0.05) is 6.08 Å². The summed E-state index contributed by atoms with van der Waals surface area (Å²) in [5, 5.41) is 3.38. The molecule has 1 N–H and O–H groups in total. The van der Waals surface area contributed by atoms with E-state index >= 15 is 0 Å². The van der Waals surface area contributed by atoms with Gasteiger partial charge in [-0.25, -0.2) is 4.39 Å². The van der Waals surface area contributed by atoms with Gasteiger partial charge in [0, 0.05) is 41.8 Å². The highest BCUT2D eigenvalue weighted by molar-refractivity contribution is 5.60. The highest BCUT2D eigenvalue weighted by atomic mass is 19.1. The monoisotopic (exact) mass is 381 g/mol. The second kappa shape index (κ2) is 8.84. The Hall–Kier alpha value is -2.24. The van der Waals surface area contributed by atoms with Crippen LogP contribution in [-0.4, -0.2) is 42.7 Å². The highest BCUT2D eigenvalue weighted by Crippen LogP contribution is 2.29. The summed E-state index contributed by atoms with van der Waals surface area (Å²) in [6.45, 7) is 6.83. The summed E-state index contributed by atoms with van der Waals surface area (Å²) >= 11 is 0. The first kappa shape index (κ1) is 19.1.